The summed E-state index contributed by atoms with van der Waals surface area (Å²) < 4.78 is 2.85. The van der Waals surface area contributed by atoms with Crippen molar-refractivity contribution in [3.63, 3.8) is 0 Å². The molecule has 2 aromatic heterocycles. The maximum atomic E-state index is 13.3. The van der Waals surface area contributed by atoms with Crippen molar-refractivity contribution in [2.24, 2.45) is 7.05 Å². The predicted molar refractivity (Wildman–Crippen MR) is 110 cm³/mol. The minimum atomic E-state index is -0.631. The predicted octanol–water partition coefficient (Wildman–Crippen LogP) is 2.03. The quantitative estimate of drug-likeness (QED) is 0.468. The third kappa shape index (κ3) is 3.33. The second-order valence-electron chi connectivity index (χ2n) is 7.26. The zero-order chi connectivity index (χ0) is 22.3. The van der Waals surface area contributed by atoms with Crippen molar-refractivity contribution in [2.45, 2.75) is 20.3 Å². The number of rotatable bonds is 4. The van der Waals surface area contributed by atoms with Gasteiger partial charge in [0.15, 0.2) is 0 Å². The first kappa shape index (κ1) is 20.3. The summed E-state index contributed by atoms with van der Waals surface area (Å²) in [6.45, 7) is 3.86. The van der Waals surface area contributed by atoms with Crippen LogP contribution in [0, 0.1) is 24.0 Å². The maximum absolute atomic E-state index is 13.3. The highest BCUT2D eigenvalue weighted by Crippen LogP contribution is 2.27. The highest BCUT2D eigenvalue weighted by molar-refractivity contribution is 6.01. The molecule has 0 atom stereocenters. The molecule has 0 radical (unpaired) electrons. The molecule has 1 aromatic carbocycles. The lowest BCUT2D eigenvalue weighted by molar-refractivity contribution is -0.385. The maximum Gasteiger partial charge on any atom is 0.322 e. The molecule has 160 valence electrons. The van der Waals surface area contributed by atoms with Gasteiger partial charge >= 0.3 is 5.69 Å². The van der Waals surface area contributed by atoms with Crippen LogP contribution in [0.25, 0.3) is 5.69 Å². The summed E-state index contributed by atoms with van der Waals surface area (Å²) >= 11 is 0. The molecular formula is C20H21N7O4. The van der Waals surface area contributed by atoms with E-state index in [1.165, 1.54) is 34.9 Å². The van der Waals surface area contributed by atoms with Gasteiger partial charge in [-0.1, -0.05) is 18.2 Å². The fourth-order valence-corrected chi connectivity index (χ4v) is 3.85. The monoisotopic (exact) mass is 423 g/mol. The highest BCUT2D eigenvalue weighted by atomic mass is 16.6. The van der Waals surface area contributed by atoms with Crippen molar-refractivity contribution in [2.75, 3.05) is 13.1 Å². The van der Waals surface area contributed by atoms with Gasteiger partial charge in [-0.2, -0.15) is 10.2 Å². The minimum Gasteiger partial charge on any atom is -0.267 e. The SMILES string of the molecule is Cc1nn(C)c(C(=O)N2CCCN2C(=O)c2cnn(-c3ccccc3)c2C)c1[N+](=O)[O-]. The number of nitro groups is 1. The summed E-state index contributed by atoms with van der Waals surface area (Å²) in [4.78, 5) is 37.4. The van der Waals surface area contributed by atoms with Gasteiger partial charge in [0.1, 0.15) is 5.69 Å². The Bertz CT molecular complexity index is 1180. The van der Waals surface area contributed by atoms with E-state index >= 15 is 0 Å². The van der Waals surface area contributed by atoms with Crippen LogP contribution >= 0.6 is 0 Å². The Balaban J connectivity index is 1.66. The number of carbonyl (C=O) groups excluding carboxylic acids is 2. The number of hydrogen-bond acceptors (Lipinski definition) is 6. The number of aromatic nitrogens is 4. The lowest BCUT2D eigenvalue weighted by Gasteiger charge is -2.27. The van der Waals surface area contributed by atoms with Gasteiger partial charge in [0.25, 0.3) is 11.8 Å². The molecule has 0 bridgehead atoms. The molecule has 31 heavy (non-hydrogen) atoms. The number of aryl methyl sites for hydroxylation is 2. The Hall–Kier alpha value is -4.02. The molecule has 11 heteroatoms. The molecular weight excluding hydrogens is 402 g/mol. The Morgan fingerprint density at radius 1 is 1.06 bits per heavy atom. The Morgan fingerprint density at radius 2 is 1.71 bits per heavy atom. The number of hydrazine groups is 1. The molecule has 0 N–H and O–H groups in total. The second-order valence-corrected chi connectivity index (χ2v) is 7.26. The summed E-state index contributed by atoms with van der Waals surface area (Å²) in [6, 6.07) is 9.40. The smallest absolute Gasteiger partial charge is 0.267 e. The summed E-state index contributed by atoms with van der Waals surface area (Å²) in [5, 5.41) is 22.4. The molecule has 3 aromatic rings. The van der Waals surface area contributed by atoms with Crippen LogP contribution in [0.3, 0.4) is 0 Å². The molecule has 1 fully saturated rings. The summed E-state index contributed by atoms with van der Waals surface area (Å²) in [7, 11) is 1.48. The molecule has 3 heterocycles. The number of carbonyl (C=O) groups is 2. The van der Waals surface area contributed by atoms with Gasteiger partial charge in [0.05, 0.1) is 28.1 Å². The van der Waals surface area contributed by atoms with Crippen molar-refractivity contribution in [1.82, 2.24) is 29.6 Å². The molecule has 0 saturated carbocycles. The number of hydrogen-bond donors (Lipinski definition) is 0. The molecule has 2 amide bonds. The van der Waals surface area contributed by atoms with Gasteiger partial charge in [0.2, 0.25) is 5.69 Å². The van der Waals surface area contributed by atoms with E-state index in [1.54, 1.807) is 11.6 Å². The number of nitrogens with zero attached hydrogens (tertiary/aromatic N) is 7. The first-order valence-corrected chi connectivity index (χ1v) is 9.73. The van der Waals surface area contributed by atoms with E-state index in [0.29, 0.717) is 24.2 Å². The van der Waals surface area contributed by atoms with Crippen molar-refractivity contribution < 1.29 is 14.5 Å². The van der Waals surface area contributed by atoms with E-state index in [1.807, 2.05) is 30.3 Å². The van der Waals surface area contributed by atoms with Crippen LogP contribution in [0.5, 0.6) is 0 Å². The fraction of sp³-hybridized carbons (Fsp3) is 0.300. The van der Waals surface area contributed by atoms with Gasteiger partial charge in [0, 0.05) is 20.1 Å². The molecule has 11 nitrogen and oxygen atoms in total. The molecule has 4 rings (SSSR count). The second kappa shape index (κ2) is 7.67. The zero-order valence-electron chi connectivity index (χ0n) is 17.3. The van der Waals surface area contributed by atoms with Crippen molar-refractivity contribution in [1.29, 1.82) is 0 Å². The van der Waals surface area contributed by atoms with Gasteiger partial charge < -0.3 is 0 Å². The van der Waals surface area contributed by atoms with E-state index in [0.717, 1.165) is 5.69 Å². The summed E-state index contributed by atoms with van der Waals surface area (Å²) in [5.41, 5.74) is 1.46. The molecule has 1 aliphatic rings. The van der Waals surface area contributed by atoms with E-state index in [4.69, 9.17) is 0 Å². The Kier molecular flexibility index (Phi) is 5.01. The minimum absolute atomic E-state index is 0.146. The normalized spacial score (nSPS) is 13.6. The fourth-order valence-electron chi connectivity index (χ4n) is 3.85. The summed E-state index contributed by atoms with van der Waals surface area (Å²) in [6.07, 6.45) is 2.04. The van der Waals surface area contributed by atoms with Gasteiger partial charge in [-0.05, 0) is 32.4 Å². The topological polar surface area (TPSA) is 119 Å². The molecule has 0 unspecified atom stereocenters. The number of amides is 2. The zero-order valence-corrected chi connectivity index (χ0v) is 17.3. The van der Waals surface area contributed by atoms with Crippen molar-refractivity contribution in [3.05, 3.63) is 69.3 Å². The molecule has 0 spiro atoms. The molecule has 1 saturated heterocycles. The van der Waals surface area contributed by atoms with Crippen LogP contribution in [0.4, 0.5) is 5.69 Å². The largest absolute Gasteiger partial charge is 0.322 e. The van der Waals surface area contributed by atoms with Crippen molar-refractivity contribution >= 4 is 17.5 Å². The van der Waals surface area contributed by atoms with Gasteiger partial charge in [-0.25, -0.2) is 14.7 Å². The first-order valence-electron chi connectivity index (χ1n) is 9.73. The van der Waals surface area contributed by atoms with Crippen LogP contribution < -0.4 is 0 Å². The van der Waals surface area contributed by atoms with Crippen LogP contribution in [-0.2, 0) is 7.05 Å². The van der Waals surface area contributed by atoms with E-state index in [2.05, 4.69) is 10.2 Å². The van der Waals surface area contributed by atoms with Gasteiger partial charge in [-0.3, -0.25) is 24.4 Å². The Labute approximate surface area is 177 Å². The van der Waals surface area contributed by atoms with Crippen LogP contribution in [-0.4, -0.2) is 59.4 Å². The third-order valence-electron chi connectivity index (χ3n) is 5.32. The highest BCUT2D eigenvalue weighted by Gasteiger charge is 2.39. The van der Waals surface area contributed by atoms with E-state index < -0.39 is 10.8 Å². The number of benzene rings is 1. The average molecular weight is 423 g/mol. The standard InChI is InChI=1S/C20H21N7O4/c1-13-17(27(30)31)18(23(3)22-13)20(29)25-11-7-10-24(25)19(28)16-12-21-26(14(16)2)15-8-5-4-6-9-15/h4-6,8-9,12H,7,10-11H2,1-3H3. The van der Waals surface area contributed by atoms with E-state index in [-0.39, 0.29) is 29.5 Å². The first-order chi connectivity index (χ1) is 14.8. The summed E-state index contributed by atoms with van der Waals surface area (Å²) in [5.74, 6) is -1.01. The Morgan fingerprint density at radius 3 is 2.35 bits per heavy atom. The average Bonchev–Trinajstić information content (AvgIpc) is 3.44. The van der Waals surface area contributed by atoms with Gasteiger partial charge in [-0.15, -0.1) is 0 Å². The van der Waals surface area contributed by atoms with E-state index in [9.17, 15) is 19.7 Å². The molecule has 1 aliphatic heterocycles. The van der Waals surface area contributed by atoms with Crippen LogP contribution in [0.1, 0.15) is 38.7 Å². The molecule has 0 aliphatic carbocycles. The lowest BCUT2D eigenvalue weighted by Crippen LogP contribution is -2.45. The van der Waals surface area contributed by atoms with Crippen LogP contribution in [0.2, 0.25) is 0 Å². The van der Waals surface area contributed by atoms with Crippen LogP contribution in [0.15, 0.2) is 36.5 Å². The van der Waals surface area contributed by atoms with Crippen molar-refractivity contribution in [3.8, 4) is 5.69 Å². The lowest BCUT2D eigenvalue weighted by atomic mass is 10.2. The third-order valence-corrected chi connectivity index (χ3v) is 5.32. The number of para-hydroxylation sites is 1.